The second-order valence-corrected chi connectivity index (χ2v) is 4.92. The first kappa shape index (κ1) is 11.5. The van der Waals surface area contributed by atoms with E-state index in [0.29, 0.717) is 25.8 Å². The molecule has 2 amide bonds. The Bertz CT molecular complexity index is 540. The van der Waals surface area contributed by atoms with E-state index >= 15 is 0 Å². The number of hydrogen-bond donors (Lipinski definition) is 0. The minimum Gasteiger partial charge on any atom is -0.277 e. The maximum absolute atomic E-state index is 11.8. The fraction of sp³-hybridized carbons (Fsp3) is 0.100. The Morgan fingerprint density at radius 2 is 1.94 bits per heavy atom. The second-order valence-electron chi connectivity index (χ2n) is 3.27. The molecule has 0 saturated heterocycles. The smallest absolute Gasteiger partial charge is 0.262 e. The molecule has 0 saturated carbocycles. The van der Waals surface area contributed by atoms with Crippen molar-refractivity contribution in [2.75, 3.05) is 7.05 Å². The third kappa shape index (κ3) is 1.36. The van der Waals surface area contributed by atoms with Crippen LogP contribution >= 0.6 is 31.9 Å². The van der Waals surface area contributed by atoms with Crippen molar-refractivity contribution in [3.05, 3.63) is 26.1 Å². The largest absolute Gasteiger partial charge is 0.277 e. The Hall–Kier alpha value is -1.01. The summed E-state index contributed by atoms with van der Waals surface area (Å²) in [7, 11) is 1.45. The minimum absolute atomic E-state index is 0.308. The molecule has 0 N–H and O–H groups in total. The molecule has 0 unspecified atom stereocenters. The Balaban J connectivity index is 2.83. The predicted molar refractivity (Wildman–Crippen MR) is 67.5 cm³/mol. The van der Waals surface area contributed by atoms with Gasteiger partial charge in [-0.2, -0.15) is 0 Å². The molecule has 16 heavy (non-hydrogen) atoms. The zero-order valence-electron chi connectivity index (χ0n) is 8.25. The Labute approximate surface area is 109 Å². The summed E-state index contributed by atoms with van der Waals surface area (Å²) >= 11 is 6.56. The number of amides is 2. The highest BCUT2D eigenvalue weighted by molar-refractivity contribution is 9.11. The van der Waals surface area contributed by atoms with Crippen molar-refractivity contribution in [3.63, 3.8) is 0 Å². The van der Waals surface area contributed by atoms with E-state index in [9.17, 15) is 9.59 Å². The fourth-order valence-electron chi connectivity index (χ4n) is 1.57. The topological polar surface area (TPSA) is 49.7 Å². The van der Waals surface area contributed by atoms with Crippen molar-refractivity contribution in [1.82, 2.24) is 4.90 Å². The lowest BCUT2D eigenvalue weighted by Crippen LogP contribution is -2.24. The van der Waals surface area contributed by atoms with Crippen LogP contribution in [0.4, 0.5) is 5.69 Å². The molecule has 1 aromatic rings. The average molecular weight is 346 g/mol. The summed E-state index contributed by atoms with van der Waals surface area (Å²) in [5, 5.41) is 0. The molecule has 1 aliphatic heterocycles. The molecule has 1 heterocycles. The summed E-state index contributed by atoms with van der Waals surface area (Å²) in [5.74, 6) is -0.638. The van der Waals surface area contributed by atoms with Gasteiger partial charge >= 0.3 is 0 Å². The molecule has 0 atom stereocenters. The molecule has 1 aliphatic rings. The number of carbonyl (C=O) groups excluding carboxylic acids is 2. The monoisotopic (exact) mass is 344 g/mol. The molecule has 0 radical (unpaired) electrons. The first-order valence-corrected chi connectivity index (χ1v) is 5.88. The number of aliphatic imine (C=N–C) groups is 1. The van der Waals surface area contributed by atoms with E-state index in [1.165, 1.54) is 7.05 Å². The summed E-state index contributed by atoms with van der Waals surface area (Å²) in [4.78, 5) is 28.4. The zero-order chi connectivity index (χ0) is 12.0. The van der Waals surface area contributed by atoms with Crippen LogP contribution in [0.25, 0.3) is 0 Å². The number of hydrogen-bond acceptors (Lipinski definition) is 3. The molecule has 4 nitrogen and oxygen atoms in total. The average Bonchev–Trinajstić information content (AvgIpc) is 2.44. The molecule has 0 bridgehead atoms. The number of carbonyl (C=O) groups is 2. The quantitative estimate of drug-likeness (QED) is 0.580. The molecule has 0 spiro atoms. The normalized spacial score (nSPS) is 14.3. The predicted octanol–water partition coefficient (Wildman–Crippen LogP) is 2.77. The van der Waals surface area contributed by atoms with E-state index in [2.05, 4.69) is 43.6 Å². The van der Waals surface area contributed by atoms with E-state index in [1.54, 1.807) is 6.07 Å². The fourth-order valence-corrected chi connectivity index (χ4v) is 3.11. The standard InChI is InChI=1S/C10H6Br2N2O2/c1-13-8-5(11)3-4-6(7(8)12)10(16)14(2)9(4)15/h3H,1H2,2H3. The van der Waals surface area contributed by atoms with Crippen LogP contribution in [0.2, 0.25) is 0 Å². The van der Waals surface area contributed by atoms with Crippen molar-refractivity contribution in [2.45, 2.75) is 0 Å². The number of halogens is 2. The van der Waals surface area contributed by atoms with Crippen molar-refractivity contribution in [1.29, 1.82) is 0 Å². The van der Waals surface area contributed by atoms with Crippen molar-refractivity contribution < 1.29 is 9.59 Å². The van der Waals surface area contributed by atoms with Crippen LogP contribution < -0.4 is 0 Å². The highest BCUT2D eigenvalue weighted by Crippen LogP contribution is 2.41. The van der Waals surface area contributed by atoms with Gasteiger partial charge in [-0.15, -0.1) is 0 Å². The molecular formula is C10H6Br2N2O2. The highest BCUT2D eigenvalue weighted by atomic mass is 79.9. The lowest BCUT2D eigenvalue weighted by Gasteiger charge is -2.05. The van der Waals surface area contributed by atoms with Crippen molar-refractivity contribution in [2.24, 2.45) is 4.99 Å². The van der Waals surface area contributed by atoms with E-state index in [4.69, 9.17) is 0 Å². The van der Waals surface area contributed by atoms with Gasteiger partial charge in [0.05, 0.1) is 21.3 Å². The van der Waals surface area contributed by atoms with Crippen LogP contribution in [0.3, 0.4) is 0 Å². The number of imide groups is 1. The molecule has 0 aliphatic carbocycles. The van der Waals surface area contributed by atoms with Crippen LogP contribution in [-0.2, 0) is 0 Å². The van der Waals surface area contributed by atoms with Crippen LogP contribution in [0, 0.1) is 0 Å². The summed E-state index contributed by atoms with van der Waals surface area (Å²) < 4.78 is 1.12. The molecule has 82 valence electrons. The number of rotatable bonds is 1. The summed E-state index contributed by atoms with van der Waals surface area (Å²) in [5.41, 5.74) is 1.24. The first-order chi connectivity index (χ1) is 7.49. The summed E-state index contributed by atoms with van der Waals surface area (Å²) in [6.07, 6.45) is 0. The first-order valence-electron chi connectivity index (χ1n) is 4.30. The van der Waals surface area contributed by atoms with Gasteiger partial charge in [0, 0.05) is 11.5 Å². The van der Waals surface area contributed by atoms with Crippen LogP contribution in [-0.4, -0.2) is 30.5 Å². The third-order valence-corrected chi connectivity index (χ3v) is 3.78. The Kier molecular flexibility index (Phi) is 2.71. The molecule has 6 heteroatoms. The molecule has 0 aromatic heterocycles. The van der Waals surface area contributed by atoms with E-state index in [0.717, 1.165) is 4.90 Å². The zero-order valence-corrected chi connectivity index (χ0v) is 11.4. The van der Waals surface area contributed by atoms with Crippen LogP contribution in [0.15, 0.2) is 20.0 Å². The van der Waals surface area contributed by atoms with Gasteiger partial charge in [0.25, 0.3) is 11.8 Å². The van der Waals surface area contributed by atoms with Crippen LogP contribution in [0.1, 0.15) is 20.7 Å². The summed E-state index contributed by atoms with van der Waals surface area (Å²) in [6, 6.07) is 1.59. The molecular weight excluding hydrogens is 340 g/mol. The van der Waals surface area contributed by atoms with Gasteiger partial charge in [-0.25, -0.2) is 0 Å². The highest BCUT2D eigenvalue weighted by Gasteiger charge is 2.36. The summed E-state index contributed by atoms with van der Waals surface area (Å²) in [6.45, 7) is 3.42. The Morgan fingerprint density at radius 3 is 2.50 bits per heavy atom. The lowest BCUT2D eigenvalue weighted by atomic mass is 10.1. The number of benzene rings is 1. The second kappa shape index (κ2) is 3.78. The lowest BCUT2D eigenvalue weighted by molar-refractivity contribution is 0.0693. The van der Waals surface area contributed by atoms with Gasteiger partial charge in [0.2, 0.25) is 0 Å². The number of nitrogens with zero attached hydrogens (tertiary/aromatic N) is 2. The van der Waals surface area contributed by atoms with E-state index < -0.39 is 0 Å². The molecule has 2 rings (SSSR count). The van der Waals surface area contributed by atoms with Crippen molar-refractivity contribution >= 4 is 56.1 Å². The molecule has 1 aromatic carbocycles. The van der Waals surface area contributed by atoms with Gasteiger partial charge in [-0.3, -0.25) is 19.5 Å². The maximum atomic E-state index is 11.8. The van der Waals surface area contributed by atoms with E-state index in [-0.39, 0.29) is 11.8 Å². The SMILES string of the molecule is C=Nc1c(Br)cc2c(c1Br)C(=O)N(C)C2=O. The maximum Gasteiger partial charge on any atom is 0.262 e. The Morgan fingerprint density at radius 1 is 1.31 bits per heavy atom. The van der Waals surface area contributed by atoms with Crippen LogP contribution in [0.5, 0.6) is 0 Å². The van der Waals surface area contributed by atoms with Gasteiger partial charge in [0.1, 0.15) is 0 Å². The minimum atomic E-state index is -0.329. The molecule has 0 fully saturated rings. The number of fused-ring (bicyclic) bond motifs is 1. The van der Waals surface area contributed by atoms with Gasteiger partial charge in [0.15, 0.2) is 0 Å². The van der Waals surface area contributed by atoms with Gasteiger partial charge < -0.3 is 0 Å². The van der Waals surface area contributed by atoms with Crippen molar-refractivity contribution in [3.8, 4) is 0 Å². The van der Waals surface area contributed by atoms with Gasteiger partial charge in [-0.1, -0.05) is 0 Å². The van der Waals surface area contributed by atoms with Gasteiger partial charge in [-0.05, 0) is 44.6 Å². The third-order valence-electron chi connectivity index (χ3n) is 2.41. The van der Waals surface area contributed by atoms with E-state index in [1.807, 2.05) is 0 Å².